The molecule has 1 aromatic carbocycles. The first-order valence-electron chi connectivity index (χ1n) is 7.36. The van der Waals surface area contributed by atoms with Crippen LogP contribution in [0.25, 0.3) is 0 Å². The van der Waals surface area contributed by atoms with Crippen molar-refractivity contribution in [1.82, 2.24) is 5.32 Å². The van der Waals surface area contributed by atoms with Crippen molar-refractivity contribution in [2.75, 3.05) is 0 Å². The average molecular weight is 338 g/mol. The predicted molar refractivity (Wildman–Crippen MR) is 81.2 cm³/mol. The van der Waals surface area contributed by atoms with Crippen LogP contribution in [-0.2, 0) is 16.1 Å². The number of rotatable bonds is 4. The molecule has 0 aliphatic carbocycles. The fraction of sp³-hybridized carbons (Fsp3) is 0.562. The summed E-state index contributed by atoms with van der Waals surface area (Å²) in [5, 5.41) is 3.60. The van der Waals surface area contributed by atoms with Crippen LogP contribution in [-0.4, -0.2) is 18.1 Å². The Hall–Kier alpha value is -0.870. The zero-order valence-electron chi connectivity index (χ0n) is 11.5. The summed E-state index contributed by atoms with van der Waals surface area (Å²) in [7, 11) is 0. The lowest BCUT2D eigenvalue weighted by atomic mass is 9.90. The summed E-state index contributed by atoms with van der Waals surface area (Å²) in [6.07, 6.45) is 5.36. The Morgan fingerprint density at radius 1 is 1.25 bits per heavy atom. The van der Waals surface area contributed by atoms with Crippen LogP contribution >= 0.6 is 15.9 Å². The predicted octanol–water partition coefficient (Wildman–Crippen LogP) is 3.41. The van der Waals surface area contributed by atoms with Gasteiger partial charge in [-0.2, -0.15) is 0 Å². The largest absolute Gasteiger partial charge is 0.461 e. The summed E-state index contributed by atoms with van der Waals surface area (Å²) >= 11 is 3.47. The van der Waals surface area contributed by atoms with Gasteiger partial charge in [0.1, 0.15) is 6.61 Å². The van der Waals surface area contributed by atoms with Gasteiger partial charge in [-0.3, -0.25) is 4.79 Å². The number of nitrogens with one attached hydrogen (secondary N) is 1. The number of fused-ring (bicyclic) bond motifs is 2. The number of carbonyl (C=O) groups excluding carboxylic acids is 1. The van der Waals surface area contributed by atoms with Gasteiger partial charge in [0.2, 0.25) is 0 Å². The molecule has 2 heterocycles. The topological polar surface area (TPSA) is 38.3 Å². The van der Waals surface area contributed by atoms with Crippen LogP contribution in [0.3, 0.4) is 0 Å². The van der Waals surface area contributed by atoms with Crippen molar-refractivity contribution in [2.24, 2.45) is 5.92 Å². The first-order valence-corrected chi connectivity index (χ1v) is 8.15. The molecule has 3 nitrogen and oxygen atoms in total. The lowest BCUT2D eigenvalue weighted by Gasteiger charge is -2.28. The van der Waals surface area contributed by atoms with Crippen molar-refractivity contribution in [2.45, 2.75) is 50.8 Å². The van der Waals surface area contributed by atoms with Gasteiger partial charge in [0.05, 0.1) is 0 Å². The highest BCUT2D eigenvalue weighted by Gasteiger charge is 2.34. The third-order valence-electron chi connectivity index (χ3n) is 4.37. The first kappa shape index (κ1) is 14.1. The van der Waals surface area contributed by atoms with Crippen LogP contribution in [0.5, 0.6) is 0 Å². The SMILES string of the molecule is O=C(CC1CC2CCC(C1)N2)OCc1ccccc1Br. The van der Waals surface area contributed by atoms with Gasteiger partial charge in [-0.1, -0.05) is 34.1 Å². The van der Waals surface area contributed by atoms with Crippen molar-refractivity contribution < 1.29 is 9.53 Å². The van der Waals surface area contributed by atoms with Crippen molar-refractivity contribution in [3.8, 4) is 0 Å². The fourth-order valence-corrected chi connectivity index (χ4v) is 3.81. The van der Waals surface area contributed by atoms with E-state index >= 15 is 0 Å². The van der Waals surface area contributed by atoms with Crippen molar-refractivity contribution >= 4 is 21.9 Å². The normalized spacial score (nSPS) is 28.4. The minimum atomic E-state index is -0.0629. The van der Waals surface area contributed by atoms with E-state index in [1.807, 2.05) is 24.3 Å². The number of piperidine rings is 1. The summed E-state index contributed by atoms with van der Waals surface area (Å²) in [5.41, 5.74) is 1.02. The maximum atomic E-state index is 12.0. The van der Waals surface area contributed by atoms with E-state index in [1.54, 1.807) is 0 Å². The molecule has 2 fully saturated rings. The Labute approximate surface area is 128 Å². The molecule has 2 saturated heterocycles. The molecule has 0 spiro atoms. The number of carbonyl (C=O) groups is 1. The van der Waals surface area contributed by atoms with Crippen molar-refractivity contribution in [3.05, 3.63) is 34.3 Å². The average Bonchev–Trinajstić information content (AvgIpc) is 2.77. The van der Waals surface area contributed by atoms with Crippen LogP contribution < -0.4 is 5.32 Å². The summed E-state index contributed by atoms with van der Waals surface area (Å²) in [4.78, 5) is 12.0. The van der Waals surface area contributed by atoms with E-state index in [9.17, 15) is 4.79 Å². The lowest BCUT2D eigenvalue weighted by Crippen LogP contribution is -2.38. The minimum Gasteiger partial charge on any atom is -0.461 e. The van der Waals surface area contributed by atoms with Gasteiger partial charge in [-0.15, -0.1) is 0 Å². The summed E-state index contributed by atoms with van der Waals surface area (Å²) in [6, 6.07) is 9.12. The van der Waals surface area contributed by atoms with E-state index in [-0.39, 0.29) is 5.97 Å². The smallest absolute Gasteiger partial charge is 0.306 e. The number of ether oxygens (including phenoxy) is 1. The van der Waals surface area contributed by atoms with Crippen LogP contribution in [0.15, 0.2) is 28.7 Å². The van der Waals surface area contributed by atoms with Gasteiger partial charge in [0.15, 0.2) is 0 Å². The second-order valence-corrected chi connectivity index (χ2v) is 6.79. The molecular weight excluding hydrogens is 318 g/mol. The summed E-state index contributed by atoms with van der Waals surface area (Å²) in [6.45, 7) is 0.359. The number of hydrogen-bond acceptors (Lipinski definition) is 3. The molecule has 0 radical (unpaired) electrons. The van der Waals surface area contributed by atoms with E-state index < -0.39 is 0 Å². The molecule has 2 aliphatic rings. The molecule has 0 saturated carbocycles. The van der Waals surface area contributed by atoms with Gasteiger partial charge in [-0.25, -0.2) is 0 Å². The maximum Gasteiger partial charge on any atom is 0.306 e. The third kappa shape index (κ3) is 3.41. The molecule has 4 heteroatoms. The molecule has 2 atom stereocenters. The van der Waals surface area contributed by atoms with Gasteiger partial charge in [0, 0.05) is 28.5 Å². The fourth-order valence-electron chi connectivity index (χ4n) is 3.41. The molecule has 2 aliphatic heterocycles. The van der Waals surface area contributed by atoms with E-state index in [0.717, 1.165) is 22.9 Å². The lowest BCUT2D eigenvalue weighted by molar-refractivity contribution is -0.146. The van der Waals surface area contributed by atoms with E-state index in [4.69, 9.17) is 4.74 Å². The zero-order chi connectivity index (χ0) is 13.9. The minimum absolute atomic E-state index is 0.0629. The summed E-state index contributed by atoms with van der Waals surface area (Å²) in [5.74, 6) is 0.438. The monoisotopic (exact) mass is 337 g/mol. The van der Waals surface area contributed by atoms with Crippen LogP contribution in [0.4, 0.5) is 0 Å². The highest BCUT2D eigenvalue weighted by molar-refractivity contribution is 9.10. The molecular formula is C16H20BrNO2. The van der Waals surface area contributed by atoms with Gasteiger partial charge in [-0.05, 0) is 37.7 Å². The second-order valence-electron chi connectivity index (χ2n) is 5.93. The van der Waals surface area contributed by atoms with E-state index in [1.165, 1.54) is 12.8 Å². The molecule has 1 N–H and O–H groups in total. The summed E-state index contributed by atoms with van der Waals surface area (Å²) < 4.78 is 6.41. The van der Waals surface area contributed by atoms with Gasteiger partial charge < -0.3 is 10.1 Å². The van der Waals surface area contributed by atoms with Crippen LogP contribution in [0.2, 0.25) is 0 Å². The van der Waals surface area contributed by atoms with E-state index in [2.05, 4.69) is 21.2 Å². The maximum absolute atomic E-state index is 12.0. The first-order chi connectivity index (χ1) is 9.70. The molecule has 0 aromatic heterocycles. The molecule has 20 heavy (non-hydrogen) atoms. The Morgan fingerprint density at radius 3 is 2.65 bits per heavy atom. The van der Waals surface area contributed by atoms with Crippen LogP contribution in [0.1, 0.15) is 37.7 Å². The Bertz CT molecular complexity index is 479. The number of esters is 1. The molecule has 3 rings (SSSR count). The molecule has 2 bridgehead atoms. The van der Waals surface area contributed by atoms with E-state index in [0.29, 0.717) is 31.0 Å². The number of hydrogen-bond donors (Lipinski definition) is 1. The third-order valence-corrected chi connectivity index (χ3v) is 5.15. The molecule has 0 amide bonds. The van der Waals surface area contributed by atoms with Crippen molar-refractivity contribution in [3.63, 3.8) is 0 Å². The molecule has 2 unspecified atom stereocenters. The molecule has 1 aromatic rings. The molecule has 108 valence electrons. The van der Waals surface area contributed by atoms with Crippen LogP contribution in [0, 0.1) is 5.92 Å². The standard InChI is InChI=1S/C16H20BrNO2/c17-15-4-2-1-3-12(15)10-20-16(19)9-11-7-13-5-6-14(8-11)18-13/h1-4,11,13-14,18H,5-10H2. The second kappa shape index (κ2) is 6.27. The quantitative estimate of drug-likeness (QED) is 0.855. The number of benzene rings is 1. The highest BCUT2D eigenvalue weighted by atomic mass is 79.9. The van der Waals surface area contributed by atoms with Gasteiger partial charge in [0.25, 0.3) is 0 Å². The Morgan fingerprint density at radius 2 is 1.95 bits per heavy atom. The van der Waals surface area contributed by atoms with Crippen molar-refractivity contribution in [1.29, 1.82) is 0 Å². The van der Waals surface area contributed by atoms with Gasteiger partial charge >= 0.3 is 5.97 Å². The number of halogens is 1. The highest BCUT2D eigenvalue weighted by Crippen LogP contribution is 2.32. The Kier molecular flexibility index (Phi) is 4.41. The Balaban J connectivity index is 1.47. The zero-order valence-corrected chi connectivity index (χ0v) is 13.1.